The van der Waals surface area contributed by atoms with E-state index in [2.05, 4.69) is 25.3 Å². The summed E-state index contributed by atoms with van der Waals surface area (Å²) >= 11 is 0. The number of benzene rings is 1. The number of carbonyl (C=O) groups excluding carboxylic acids is 1. The van der Waals surface area contributed by atoms with Gasteiger partial charge in [-0.3, -0.25) is 0 Å². The van der Waals surface area contributed by atoms with Crippen molar-refractivity contribution in [1.29, 1.82) is 0 Å². The first kappa shape index (κ1) is 15.6. The van der Waals surface area contributed by atoms with Crippen LogP contribution in [0.1, 0.15) is 24.2 Å². The molecular weight excluding hydrogens is 282 g/mol. The van der Waals surface area contributed by atoms with Gasteiger partial charge in [0.15, 0.2) is 11.6 Å². The molecule has 0 atom stereocenters. The van der Waals surface area contributed by atoms with Crippen molar-refractivity contribution in [3.05, 3.63) is 36.2 Å². The average molecular weight is 301 g/mol. The molecule has 0 amide bonds. The van der Waals surface area contributed by atoms with Crippen LogP contribution in [-0.4, -0.2) is 29.1 Å². The summed E-state index contributed by atoms with van der Waals surface area (Å²) in [5.74, 6) is 0.708. The van der Waals surface area contributed by atoms with Gasteiger partial charge >= 0.3 is 5.97 Å². The Labute approximate surface area is 128 Å². The lowest BCUT2D eigenvalue weighted by Crippen LogP contribution is -2.14. The number of nitrogens with zero attached hydrogens (tertiary/aromatic N) is 2. The van der Waals surface area contributed by atoms with Gasteiger partial charge in [-0.2, -0.15) is 0 Å². The predicted octanol–water partition coefficient (Wildman–Crippen LogP) is 2.41. The number of hydrogen-bond acceptors (Lipinski definition) is 7. The fraction of sp³-hybridized carbons (Fsp3) is 0.267. The predicted molar refractivity (Wildman–Crippen MR) is 86.3 cm³/mol. The molecule has 2 aromatic rings. The van der Waals surface area contributed by atoms with E-state index < -0.39 is 0 Å². The number of nitrogen functional groups attached to an aromatic ring is 1. The Morgan fingerprint density at radius 3 is 2.41 bits per heavy atom. The van der Waals surface area contributed by atoms with Gasteiger partial charge in [-0.05, 0) is 38.1 Å². The molecule has 4 N–H and O–H groups in total. The molecule has 0 saturated heterocycles. The van der Waals surface area contributed by atoms with Crippen LogP contribution in [0.2, 0.25) is 0 Å². The molecule has 0 aliphatic carbocycles. The third kappa shape index (κ3) is 3.63. The highest BCUT2D eigenvalue weighted by Gasteiger charge is 2.10. The normalized spacial score (nSPS) is 10.4. The number of anilines is 4. The number of hydrogen-bond donors (Lipinski definition) is 3. The maximum absolute atomic E-state index is 11.4. The first-order chi connectivity index (χ1) is 10.5. The number of aromatic nitrogens is 2. The molecule has 0 aliphatic heterocycles. The highest BCUT2D eigenvalue weighted by molar-refractivity contribution is 5.90. The molecule has 0 unspecified atom stereocenters. The molecule has 0 saturated carbocycles. The zero-order valence-corrected chi connectivity index (χ0v) is 12.8. The molecule has 2 rings (SSSR count). The molecule has 7 nitrogen and oxygen atoms in total. The summed E-state index contributed by atoms with van der Waals surface area (Å²) in [6.07, 6.45) is 1.44. The molecule has 0 spiro atoms. The van der Waals surface area contributed by atoms with Gasteiger partial charge in [0.2, 0.25) is 0 Å². The van der Waals surface area contributed by atoms with Crippen LogP contribution in [0.25, 0.3) is 0 Å². The minimum atomic E-state index is -0.378. The van der Waals surface area contributed by atoms with Crippen LogP contribution in [0.5, 0.6) is 0 Å². The van der Waals surface area contributed by atoms with Crippen molar-refractivity contribution in [2.24, 2.45) is 0 Å². The smallest absolute Gasteiger partial charge is 0.337 e. The fourth-order valence-electron chi connectivity index (χ4n) is 1.83. The Morgan fingerprint density at radius 1 is 1.18 bits per heavy atom. The molecule has 1 aromatic carbocycles. The molecule has 1 aromatic heterocycles. The highest BCUT2D eigenvalue weighted by Crippen LogP contribution is 2.26. The van der Waals surface area contributed by atoms with Crippen LogP contribution in [0.15, 0.2) is 30.6 Å². The number of carbonyl (C=O) groups is 1. The first-order valence-electron chi connectivity index (χ1n) is 6.83. The van der Waals surface area contributed by atoms with Gasteiger partial charge in [-0.25, -0.2) is 14.8 Å². The molecule has 0 fully saturated rings. The third-order valence-electron chi connectivity index (χ3n) is 2.88. The summed E-state index contributed by atoms with van der Waals surface area (Å²) in [5.41, 5.74) is 7.73. The van der Waals surface area contributed by atoms with E-state index in [-0.39, 0.29) is 12.0 Å². The van der Waals surface area contributed by atoms with E-state index >= 15 is 0 Å². The zero-order chi connectivity index (χ0) is 16.1. The van der Waals surface area contributed by atoms with Crippen molar-refractivity contribution >= 4 is 29.0 Å². The van der Waals surface area contributed by atoms with Gasteiger partial charge < -0.3 is 21.1 Å². The largest absolute Gasteiger partial charge is 0.465 e. The second kappa shape index (κ2) is 6.75. The Hall–Kier alpha value is -2.83. The van der Waals surface area contributed by atoms with E-state index in [9.17, 15) is 4.79 Å². The van der Waals surface area contributed by atoms with Gasteiger partial charge in [0, 0.05) is 11.7 Å². The van der Waals surface area contributed by atoms with E-state index in [4.69, 9.17) is 5.73 Å². The second-order valence-corrected chi connectivity index (χ2v) is 4.98. The van der Waals surface area contributed by atoms with Crippen LogP contribution in [0.3, 0.4) is 0 Å². The van der Waals surface area contributed by atoms with Crippen LogP contribution >= 0.6 is 0 Å². The van der Waals surface area contributed by atoms with Crippen LogP contribution in [0.4, 0.5) is 23.0 Å². The molecule has 7 heteroatoms. The van der Waals surface area contributed by atoms with Gasteiger partial charge in [0.25, 0.3) is 0 Å². The lowest BCUT2D eigenvalue weighted by atomic mass is 10.2. The maximum Gasteiger partial charge on any atom is 0.337 e. The summed E-state index contributed by atoms with van der Waals surface area (Å²) in [5, 5.41) is 6.26. The van der Waals surface area contributed by atoms with E-state index in [1.165, 1.54) is 13.4 Å². The van der Waals surface area contributed by atoms with Crippen molar-refractivity contribution in [2.75, 3.05) is 23.5 Å². The second-order valence-electron chi connectivity index (χ2n) is 4.98. The van der Waals surface area contributed by atoms with Crippen molar-refractivity contribution in [2.45, 2.75) is 19.9 Å². The Morgan fingerprint density at radius 2 is 1.82 bits per heavy atom. The topological polar surface area (TPSA) is 102 Å². The summed E-state index contributed by atoms with van der Waals surface area (Å²) in [4.78, 5) is 19.7. The molecular formula is C15H19N5O2. The minimum absolute atomic E-state index is 0.212. The van der Waals surface area contributed by atoms with E-state index in [1.807, 2.05) is 13.8 Å². The van der Waals surface area contributed by atoms with Crippen molar-refractivity contribution in [3.63, 3.8) is 0 Å². The van der Waals surface area contributed by atoms with Crippen molar-refractivity contribution < 1.29 is 9.53 Å². The number of rotatable bonds is 5. The maximum atomic E-state index is 11.4. The summed E-state index contributed by atoms with van der Waals surface area (Å²) in [6, 6.07) is 7.05. The lowest BCUT2D eigenvalue weighted by Gasteiger charge is -2.14. The molecule has 1 heterocycles. The third-order valence-corrected chi connectivity index (χ3v) is 2.88. The number of nitrogens with two attached hydrogens (primary N) is 1. The molecule has 0 radical (unpaired) electrons. The number of esters is 1. The van der Waals surface area contributed by atoms with Gasteiger partial charge in [0.1, 0.15) is 12.0 Å². The van der Waals surface area contributed by atoms with Gasteiger partial charge in [0.05, 0.1) is 12.7 Å². The monoisotopic (exact) mass is 301 g/mol. The summed E-state index contributed by atoms with van der Waals surface area (Å²) in [7, 11) is 1.35. The van der Waals surface area contributed by atoms with Gasteiger partial charge in [-0.1, -0.05) is 0 Å². The lowest BCUT2D eigenvalue weighted by molar-refractivity contribution is 0.0601. The molecule has 22 heavy (non-hydrogen) atoms. The summed E-state index contributed by atoms with van der Waals surface area (Å²) < 4.78 is 4.66. The SMILES string of the molecule is COC(=O)c1ccc(Nc2ncnc(NC(C)C)c2N)cc1. The van der Waals surface area contributed by atoms with Crippen LogP contribution in [-0.2, 0) is 4.74 Å². The van der Waals surface area contributed by atoms with Crippen LogP contribution < -0.4 is 16.4 Å². The van der Waals surface area contributed by atoms with Crippen molar-refractivity contribution in [1.82, 2.24) is 9.97 Å². The molecule has 0 bridgehead atoms. The molecule has 116 valence electrons. The number of nitrogens with one attached hydrogen (secondary N) is 2. The van der Waals surface area contributed by atoms with E-state index in [0.717, 1.165) is 5.69 Å². The Balaban J connectivity index is 2.18. The van der Waals surface area contributed by atoms with Gasteiger partial charge in [-0.15, -0.1) is 0 Å². The Bertz CT molecular complexity index is 655. The first-order valence-corrected chi connectivity index (χ1v) is 6.83. The van der Waals surface area contributed by atoms with Crippen molar-refractivity contribution in [3.8, 4) is 0 Å². The number of ether oxygens (including phenoxy) is 1. The highest BCUT2D eigenvalue weighted by atomic mass is 16.5. The van der Waals surface area contributed by atoms with E-state index in [0.29, 0.717) is 22.9 Å². The average Bonchev–Trinajstić information content (AvgIpc) is 2.51. The number of methoxy groups -OCH3 is 1. The van der Waals surface area contributed by atoms with E-state index in [1.54, 1.807) is 24.3 Å². The quantitative estimate of drug-likeness (QED) is 0.729. The van der Waals surface area contributed by atoms with Crippen LogP contribution in [0, 0.1) is 0 Å². The zero-order valence-electron chi connectivity index (χ0n) is 12.8. The Kier molecular flexibility index (Phi) is 4.77. The fourth-order valence-corrected chi connectivity index (χ4v) is 1.83. The molecule has 0 aliphatic rings. The summed E-state index contributed by atoms with van der Waals surface area (Å²) in [6.45, 7) is 4.00. The minimum Gasteiger partial charge on any atom is -0.465 e. The standard InChI is InChI=1S/C15H19N5O2/c1-9(2)19-13-12(16)14(18-8-17-13)20-11-6-4-10(5-7-11)15(21)22-3/h4-9H,16H2,1-3H3,(H2,17,18,19,20).